The van der Waals surface area contributed by atoms with E-state index in [-0.39, 0.29) is 29.7 Å². The van der Waals surface area contributed by atoms with Crippen molar-refractivity contribution in [2.75, 3.05) is 18.0 Å². The number of thiocarbonyl (C=S) groups is 1. The lowest BCUT2D eigenvalue weighted by atomic mass is 10.1. The van der Waals surface area contributed by atoms with E-state index in [0.717, 1.165) is 11.1 Å². The van der Waals surface area contributed by atoms with Gasteiger partial charge in [0.25, 0.3) is 11.5 Å². The summed E-state index contributed by atoms with van der Waals surface area (Å²) in [6, 6.07) is 13.3. The smallest absolute Gasteiger partial charge is 0.267 e. The number of aryl methyl sites for hydroxylation is 1. The predicted molar refractivity (Wildman–Crippen MR) is 148 cm³/mol. The largest absolute Gasteiger partial charge is 0.372 e. The Balaban J connectivity index is 1.62. The molecule has 3 unspecified atom stereocenters. The van der Waals surface area contributed by atoms with E-state index in [1.165, 1.54) is 11.8 Å². The number of benzene rings is 1. The monoisotopic (exact) mass is 520 g/mol. The van der Waals surface area contributed by atoms with E-state index in [0.29, 0.717) is 39.3 Å². The lowest BCUT2D eigenvalue weighted by Gasteiger charge is -2.36. The molecule has 2 aromatic heterocycles. The SMILES string of the molecule is Cc1cccn2c(=O)c(/C=C3\SC(=S)N(C(C)c4ccccc4)C3=O)c(N3CC(C)OC(C)C3)nc12. The van der Waals surface area contributed by atoms with Crippen LogP contribution in [0.2, 0.25) is 0 Å². The van der Waals surface area contributed by atoms with Gasteiger partial charge in [-0.3, -0.25) is 18.9 Å². The summed E-state index contributed by atoms with van der Waals surface area (Å²) in [5.74, 6) is 0.363. The Morgan fingerprint density at radius 3 is 2.50 bits per heavy atom. The quantitative estimate of drug-likeness (QED) is 0.369. The minimum Gasteiger partial charge on any atom is -0.372 e. The van der Waals surface area contributed by atoms with Gasteiger partial charge in [-0.15, -0.1) is 0 Å². The molecule has 2 aliphatic heterocycles. The first-order chi connectivity index (χ1) is 17.2. The molecule has 4 heterocycles. The van der Waals surface area contributed by atoms with Gasteiger partial charge in [0, 0.05) is 19.3 Å². The van der Waals surface area contributed by atoms with Crippen LogP contribution in [0.3, 0.4) is 0 Å². The summed E-state index contributed by atoms with van der Waals surface area (Å²) in [6.07, 6.45) is 3.36. The third kappa shape index (κ3) is 4.47. The molecule has 1 aromatic carbocycles. The fourth-order valence-corrected chi connectivity index (χ4v) is 6.24. The van der Waals surface area contributed by atoms with Gasteiger partial charge in [-0.2, -0.15) is 0 Å². The van der Waals surface area contributed by atoms with Crippen molar-refractivity contribution in [2.24, 2.45) is 0 Å². The van der Waals surface area contributed by atoms with E-state index in [9.17, 15) is 9.59 Å². The molecule has 2 aliphatic rings. The van der Waals surface area contributed by atoms with Crippen molar-refractivity contribution in [1.82, 2.24) is 14.3 Å². The maximum atomic E-state index is 13.8. The van der Waals surface area contributed by atoms with Gasteiger partial charge in [0.15, 0.2) is 0 Å². The summed E-state index contributed by atoms with van der Waals surface area (Å²) >= 11 is 6.83. The standard InChI is InChI=1S/C27H28N4O3S2/c1-16-9-8-12-30-23(16)28-24(29-14-17(2)34-18(3)15-29)21(25(30)32)13-22-26(33)31(27(35)36-22)19(4)20-10-6-5-7-11-20/h5-13,17-19H,14-15H2,1-4H3/b22-13-. The third-order valence-corrected chi connectivity index (χ3v) is 7.88. The van der Waals surface area contributed by atoms with Crippen LogP contribution in [0.4, 0.5) is 5.82 Å². The summed E-state index contributed by atoms with van der Waals surface area (Å²) in [7, 11) is 0. The zero-order valence-electron chi connectivity index (χ0n) is 20.7. The number of rotatable bonds is 4. The molecule has 0 aliphatic carbocycles. The van der Waals surface area contributed by atoms with Crippen LogP contribution < -0.4 is 10.5 Å². The summed E-state index contributed by atoms with van der Waals surface area (Å²) in [5.41, 5.74) is 2.67. The summed E-state index contributed by atoms with van der Waals surface area (Å²) in [4.78, 5) is 36.4. The molecule has 0 radical (unpaired) electrons. The first-order valence-electron chi connectivity index (χ1n) is 12.0. The topological polar surface area (TPSA) is 67.2 Å². The molecular weight excluding hydrogens is 492 g/mol. The van der Waals surface area contributed by atoms with Crippen LogP contribution in [0.1, 0.15) is 43.5 Å². The van der Waals surface area contributed by atoms with Crippen LogP contribution in [0.15, 0.2) is 58.4 Å². The van der Waals surface area contributed by atoms with Crippen LogP contribution in [0.25, 0.3) is 11.7 Å². The highest BCUT2D eigenvalue weighted by atomic mass is 32.2. The van der Waals surface area contributed by atoms with Crippen molar-refractivity contribution in [2.45, 2.75) is 45.9 Å². The molecule has 3 aromatic rings. The Hall–Kier alpha value is -3.01. The highest BCUT2D eigenvalue weighted by Gasteiger charge is 2.37. The molecule has 2 fully saturated rings. The highest BCUT2D eigenvalue weighted by Crippen LogP contribution is 2.38. The van der Waals surface area contributed by atoms with Crippen LogP contribution in [0, 0.1) is 6.92 Å². The minimum absolute atomic E-state index is 0.0105. The van der Waals surface area contributed by atoms with E-state index in [1.807, 2.05) is 70.2 Å². The third-order valence-electron chi connectivity index (χ3n) is 6.55. The maximum absolute atomic E-state index is 13.8. The number of ether oxygens (including phenoxy) is 1. The zero-order chi connectivity index (χ0) is 25.6. The fourth-order valence-electron chi connectivity index (χ4n) is 4.84. The number of carbonyl (C=O) groups excluding carboxylic acids is 1. The number of nitrogens with zero attached hydrogens (tertiary/aromatic N) is 4. The lowest BCUT2D eigenvalue weighted by molar-refractivity contribution is -0.123. The Morgan fingerprint density at radius 2 is 1.81 bits per heavy atom. The van der Waals surface area contributed by atoms with Crippen molar-refractivity contribution < 1.29 is 9.53 Å². The molecule has 5 rings (SSSR count). The number of aromatic nitrogens is 2. The number of amides is 1. The minimum atomic E-state index is -0.219. The van der Waals surface area contributed by atoms with E-state index < -0.39 is 0 Å². The molecule has 2 saturated heterocycles. The number of hydrogen-bond acceptors (Lipinski definition) is 7. The number of thioether (sulfide) groups is 1. The second-order valence-electron chi connectivity index (χ2n) is 9.34. The normalized spacial score (nSPS) is 22.6. The van der Waals surface area contributed by atoms with Crippen molar-refractivity contribution in [3.05, 3.63) is 80.6 Å². The number of anilines is 1. The van der Waals surface area contributed by atoms with Gasteiger partial charge in [-0.25, -0.2) is 4.98 Å². The second-order valence-corrected chi connectivity index (χ2v) is 11.0. The molecule has 3 atom stereocenters. The lowest BCUT2D eigenvalue weighted by Crippen LogP contribution is -2.46. The highest BCUT2D eigenvalue weighted by molar-refractivity contribution is 8.26. The number of morpholine rings is 1. The van der Waals surface area contributed by atoms with Crippen LogP contribution >= 0.6 is 24.0 Å². The van der Waals surface area contributed by atoms with Gasteiger partial charge in [-0.05, 0) is 51.0 Å². The first-order valence-corrected chi connectivity index (χ1v) is 13.2. The average Bonchev–Trinajstić information content (AvgIpc) is 3.13. The first kappa shape index (κ1) is 24.7. The van der Waals surface area contributed by atoms with Crippen LogP contribution in [-0.4, -0.2) is 49.8 Å². The molecule has 1 amide bonds. The molecule has 0 saturated carbocycles. The van der Waals surface area contributed by atoms with Crippen molar-refractivity contribution in [3.63, 3.8) is 0 Å². The summed E-state index contributed by atoms with van der Waals surface area (Å²) in [6.45, 7) is 9.12. The fraction of sp³-hybridized carbons (Fsp3) is 0.333. The van der Waals surface area contributed by atoms with E-state index in [4.69, 9.17) is 21.9 Å². The Labute approximate surface area is 219 Å². The van der Waals surface area contributed by atoms with Crippen molar-refractivity contribution in [1.29, 1.82) is 0 Å². The van der Waals surface area contributed by atoms with Gasteiger partial charge in [0.05, 0.1) is 28.7 Å². The molecule has 186 valence electrons. The summed E-state index contributed by atoms with van der Waals surface area (Å²) < 4.78 is 7.94. The second kappa shape index (κ2) is 9.80. The van der Waals surface area contributed by atoms with Crippen LogP contribution in [0.5, 0.6) is 0 Å². The molecule has 0 N–H and O–H groups in total. The number of pyridine rings is 1. The Bertz CT molecular complexity index is 1430. The van der Waals surface area contributed by atoms with Gasteiger partial charge < -0.3 is 9.64 Å². The van der Waals surface area contributed by atoms with E-state index in [2.05, 4.69) is 4.90 Å². The van der Waals surface area contributed by atoms with E-state index in [1.54, 1.807) is 21.6 Å². The van der Waals surface area contributed by atoms with Crippen molar-refractivity contribution >= 4 is 51.7 Å². The zero-order valence-corrected chi connectivity index (χ0v) is 22.3. The van der Waals surface area contributed by atoms with Gasteiger partial charge in [0.2, 0.25) is 0 Å². The van der Waals surface area contributed by atoms with Gasteiger partial charge in [0.1, 0.15) is 15.8 Å². The molecule has 0 bridgehead atoms. The molecule has 36 heavy (non-hydrogen) atoms. The van der Waals surface area contributed by atoms with E-state index >= 15 is 0 Å². The number of fused-ring (bicyclic) bond motifs is 1. The molecular formula is C27H28N4O3S2. The summed E-state index contributed by atoms with van der Waals surface area (Å²) in [5, 5.41) is 0. The number of hydrogen-bond donors (Lipinski definition) is 0. The van der Waals surface area contributed by atoms with Gasteiger partial charge >= 0.3 is 0 Å². The molecule has 7 nitrogen and oxygen atoms in total. The Morgan fingerprint density at radius 1 is 1.11 bits per heavy atom. The number of carbonyl (C=O) groups is 1. The predicted octanol–water partition coefficient (Wildman–Crippen LogP) is 4.58. The maximum Gasteiger partial charge on any atom is 0.267 e. The van der Waals surface area contributed by atoms with Crippen LogP contribution in [-0.2, 0) is 9.53 Å². The average molecular weight is 521 g/mol. The van der Waals surface area contributed by atoms with Crippen molar-refractivity contribution in [3.8, 4) is 0 Å². The van der Waals surface area contributed by atoms with Gasteiger partial charge in [-0.1, -0.05) is 60.4 Å². The Kier molecular flexibility index (Phi) is 6.72. The molecule has 9 heteroatoms. The molecule has 0 spiro atoms.